The molecule has 1 aromatic rings. The molecule has 2 fully saturated rings. The molecule has 2 aliphatic rings. The first-order valence-corrected chi connectivity index (χ1v) is 7.05. The minimum Gasteiger partial charge on any atom is -0.487 e. The fourth-order valence-corrected chi connectivity index (χ4v) is 2.43. The number of hydrogen-bond donors (Lipinski definition) is 1. The zero-order valence-corrected chi connectivity index (χ0v) is 11.4. The van der Waals surface area contributed by atoms with E-state index < -0.39 is 11.9 Å². The van der Waals surface area contributed by atoms with Crippen molar-refractivity contribution in [2.24, 2.45) is 0 Å². The largest absolute Gasteiger partial charge is 0.487 e. The van der Waals surface area contributed by atoms with Gasteiger partial charge in [0.2, 0.25) is 0 Å². The van der Waals surface area contributed by atoms with Gasteiger partial charge in [-0.3, -0.25) is 0 Å². The van der Waals surface area contributed by atoms with E-state index in [0.717, 1.165) is 19.3 Å². The molecule has 0 radical (unpaired) electrons. The fraction of sp³-hybridized carbons (Fsp3) is 0.533. The summed E-state index contributed by atoms with van der Waals surface area (Å²) in [5.74, 6) is -0.406. The summed E-state index contributed by atoms with van der Waals surface area (Å²) in [7, 11) is 0. The molecule has 1 aliphatic heterocycles. The van der Waals surface area contributed by atoms with Crippen molar-refractivity contribution in [3.05, 3.63) is 24.0 Å². The Kier molecular flexibility index (Phi) is 3.51. The molecule has 0 spiro atoms. The van der Waals surface area contributed by atoms with Gasteiger partial charge in [0.05, 0.1) is 6.10 Å². The normalized spacial score (nSPS) is 26.0. The van der Waals surface area contributed by atoms with Crippen molar-refractivity contribution in [1.82, 2.24) is 0 Å². The van der Waals surface area contributed by atoms with Gasteiger partial charge in [0.25, 0.3) is 0 Å². The molecular weight excluding hydrogens is 261 g/mol. The predicted octanol–water partition coefficient (Wildman–Crippen LogP) is 2.87. The Balaban J connectivity index is 1.65. The van der Waals surface area contributed by atoms with Crippen LogP contribution in [0.4, 0.5) is 10.1 Å². The topological polar surface area (TPSA) is 47.6 Å². The van der Waals surface area contributed by atoms with Crippen LogP contribution in [0, 0.1) is 5.82 Å². The second-order valence-electron chi connectivity index (χ2n) is 5.50. The molecule has 2 atom stereocenters. The van der Waals surface area contributed by atoms with Gasteiger partial charge in [-0.25, -0.2) is 9.18 Å². The van der Waals surface area contributed by atoms with Gasteiger partial charge in [0.15, 0.2) is 11.6 Å². The zero-order valence-electron chi connectivity index (χ0n) is 11.4. The molecule has 0 aromatic heterocycles. The van der Waals surface area contributed by atoms with E-state index in [9.17, 15) is 9.18 Å². The maximum Gasteiger partial charge on any atom is 0.328 e. The minimum absolute atomic E-state index is 0.0916. The van der Waals surface area contributed by atoms with Crippen LogP contribution in [-0.4, -0.2) is 24.2 Å². The second kappa shape index (κ2) is 5.31. The summed E-state index contributed by atoms with van der Waals surface area (Å²) in [5, 5.41) is 3.00. The lowest BCUT2D eigenvalue weighted by Crippen LogP contribution is -2.25. The van der Waals surface area contributed by atoms with E-state index in [1.807, 2.05) is 6.92 Å². The molecule has 1 saturated carbocycles. The van der Waals surface area contributed by atoms with Crippen LogP contribution in [0.5, 0.6) is 5.75 Å². The first-order valence-electron chi connectivity index (χ1n) is 7.05. The Morgan fingerprint density at radius 2 is 2.20 bits per heavy atom. The summed E-state index contributed by atoms with van der Waals surface area (Å²) >= 11 is 0. The van der Waals surface area contributed by atoms with E-state index in [2.05, 4.69) is 5.32 Å². The molecule has 1 N–H and O–H groups in total. The molecule has 1 heterocycles. The number of esters is 1. The highest BCUT2D eigenvalue weighted by atomic mass is 19.1. The monoisotopic (exact) mass is 279 g/mol. The highest BCUT2D eigenvalue weighted by molar-refractivity contribution is 5.81. The van der Waals surface area contributed by atoms with Crippen molar-refractivity contribution in [2.75, 3.05) is 5.32 Å². The van der Waals surface area contributed by atoms with Crippen LogP contribution >= 0.6 is 0 Å². The van der Waals surface area contributed by atoms with Crippen LogP contribution in [0.2, 0.25) is 0 Å². The van der Waals surface area contributed by atoms with Gasteiger partial charge in [-0.2, -0.15) is 0 Å². The molecule has 0 bridgehead atoms. The maximum atomic E-state index is 13.9. The molecular formula is C15H18FNO3. The van der Waals surface area contributed by atoms with Crippen LogP contribution in [0.3, 0.4) is 0 Å². The number of nitrogens with one attached hydrogen (secondary N) is 1. The Labute approximate surface area is 117 Å². The number of halogens is 1. The van der Waals surface area contributed by atoms with Crippen molar-refractivity contribution in [3.63, 3.8) is 0 Å². The Morgan fingerprint density at radius 1 is 1.40 bits per heavy atom. The lowest BCUT2D eigenvalue weighted by atomic mass is 9.96. The lowest BCUT2D eigenvalue weighted by Gasteiger charge is -2.26. The molecule has 108 valence electrons. The highest BCUT2D eigenvalue weighted by Gasteiger charge is 2.31. The van der Waals surface area contributed by atoms with Crippen LogP contribution < -0.4 is 10.1 Å². The smallest absolute Gasteiger partial charge is 0.328 e. The van der Waals surface area contributed by atoms with Crippen LogP contribution in [0.25, 0.3) is 0 Å². The fourth-order valence-electron chi connectivity index (χ4n) is 2.43. The number of rotatable bonds is 4. The Hall–Kier alpha value is -1.78. The average molecular weight is 279 g/mol. The molecule has 1 aromatic carbocycles. The molecule has 1 aliphatic carbocycles. The number of anilines is 1. The summed E-state index contributed by atoms with van der Waals surface area (Å²) in [6.07, 6.45) is 3.78. The van der Waals surface area contributed by atoms with E-state index in [-0.39, 0.29) is 23.9 Å². The molecule has 20 heavy (non-hydrogen) atoms. The van der Waals surface area contributed by atoms with Gasteiger partial charge < -0.3 is 14.8 Å². The number of hydrogen-bond acceptors (Lipinski definition) is 4. The van der Waals surface area contributed by atoms with E-state index in [0.29, 0.717) is 12.1 Å². The quantitative estimate of drug-likeness (QED) is 0.861. The van der Waals surface area contributed by atoms with E-state index in [1.54, 1.807) is 12.1 Å². The van der Waals surface area contributed by atoms with Gasteiger partial charge in [-0.15, -0.1) is 0 Å². The molecule has 0 unspecified atom stereocenters. The number of carbonyl (C=O) groups excluding carboxylic acids is 1. The third-order valence-corrected chi connectivity index (χ3v) is 3.79. The summed E-state index contributed by atoms with van der Waals surface area (Å²) < 4.78 is 24.5. The van der Waals surface area contributed by atoms with Crippen LogP contribution in [0.15, 0.2) is 18.2 Å². The van der Waals surface area contributed by atoms with Gasteiger partial charge in [-0.05, 0) is 38.3 Å². The maximum absolute atomic E-state index is 13.9. The lowest BCUT2D eigenvalue weighted by molar-refractivity contribution is -0.141. The standard InChI is InChI=1S/C15H18FNO3/c1-9-7-13(15(18)19-9)17-10-5-6-14(12(16)8-10)20-11-3-2-4-11/h5-6,8-9,11,13,17H,2-4,7H2,1H3/t9-,13-/m1/s1. The predicted molar refractivity (Wildman–Crippen MR) is 72.2 cm³/mol. The molecule has 0 amide bonds. The molecule has 5 heteroatoms. The minimum atomic E-state index is -0.402. The van der Waals surface area contributed by atoms with Crippen molar-refractivity contribution >= 4 is 11.7 Å². The Bertz CT molecular complexity index is 516. The summed E-state index contributed by atoms with van der Waals surface area (Å²) in [5.41, 5.74) is 0.569. The van der Waals surface area contributed by atoms with Gasteiger partial charge in [0.1, 0.15) is 12.1 Å². The highest BCUT2D eigenvalue weighted by Crippen LogP contribution is 2.29. The van der Waals surface area contributed by atoms with Gasteiger partial charge in [-0.1, -0.05) is 0 Å². The average Bonchev–Trinajstić information content (AvgIpc) is 2.64. The van der Waals surface area contributed by atoms with Crippen molar-refractivity contribution < 1.29 is 18.7 Å². The molecule has 3 rings (SSSR count). The summed E-state index contributed by atoms with van der Waals surface area (Å²) in [4.78, 5) is 11.5. The van der Waals surface area contributed by atoms with Crippen molar-refractivity contribution in [3.8, 4) is 5.75 Å². The van der Waals surface area contributed by atoms with Crippen molar-refractivity contribution in [2.45, 2.75) is 50.9 Å². The molecule has 1 saturated heterocycles. The zero-order chi connectivity index (χ0) is 14.1. The van der Waals surface area contributed by atoms with E-state index in [1.165, 1.54) is 6.07 Å². The first-order chi connectivity index (χ1) is 9.61. The molecule has 4 nitrogen and oxygen atoms in total. The third kappa shape index (κ3) is 2.71. The first kappa shape index (κ1) is 13.2. The third-order valence-electron chi connectivity index (χ3n) is 3.79. The van der Waals surface area contributed by atoms with Gasteiger partial charge >= 0.3 is 5.97 Å². The number of benzene rings is 1. The van der Waals surface area contributed by atoms with Gasteiger partial charge in [0, 0.05) is 18.2 Å². The van der Waals surface area contributed by atoms with Crippen molar-refractivity contribution in [1.29, 1.82) is 0 Å². The number of carbonyl (C=O) groups is 1. The summed E-state index contributed by atoms with van der Waals surface area (Å²) in [6, 6.07) is 4.31. The van der Waals surface area contributed by atoms with Crippen LogP contribution in [0.1, 0.15) is 32.6 Å². The Morgan fingerprint density at radius 3 is 2.75 bits per heavy atom. The SMILES string of the molecule is C[C@@H]1C[C@@H](Nc2ccc(OC3CCC3)c(F)c2)C(=O)O1. The number of ether oxygens (including phenoxy) is 2. The number of cyclic esters (lactones) is 1. The van der Waals surface area contributed by atoms with Crippen LogP contribution in [-0.2, 0) is 9.53 Å². The second-order valence-corrected chi connectivity index (χ2v) is 5.50. The van der Waals surface area contributed by atoms with E-state index in [4.69, 9.17) is 9.47 Å². The summed E-state index contributed by atoms with van der Waals surface area (Å²) in [6.45, 7) is 1.84. The van der Waals surface area contributed by atoms with E-state index >= 15 is 0 Å².